The molecule has 94 valence electrons. The molecule has 3 heteroatoms. The van der Waals surface area contributed by atoms with Gasteiger partial charge in [-0.05, 0) is 63.0 Å². The average Bonchev–Trinajstić information content (AvgIpc) is 2.41. The van der Waals surface area contributed by atoms with Crippen molar-refractivity contribution in [2.45, 2.75) is 38.1 Å². The van der Waals surface area contributed by atoms with E-state index >= 15 is 0 Å². The van der Waals surface area contributed by atoms with Crippen LogP contribution in [0.3, 0.4) is 0 Å². The molecule has 2 rings (SSSR count). The molecule has 1 fully saturated rings. The van der Waals surface area contributed by atoms with Crippen LogP contribution in [0.25, 0.3) is 0 Å². The molecule has 1 aliphatic rings. The molecule has 2 heterocycles. The standard InChI is InChI=1S/C14H23N3/c1-2-8-17-14(3-1)7-12-16-11-6-13-4-9-15-10-5-13/h4-5,9-10,14,16-17H,1-3,6-8,11-12H2. The summed E-state index contributed by atoms with van der Waals surface area (Å²) in [4.78, 5) is 4.02. The summed E-state index contributed by atoms with van der Waals surface area (Å²) < 4.78 is 0. The molecule has 2 N–H and O–H groups in total. The van der Waals surface area contributed by atoms with Gasteiger partial charge in [0.05, 0.1) is 0 Å². The number of rotatable bonds is 6. The average molecular weight is 233 g/mol. The van der Waals surface area contributed by atoms with Gasteiger partial charge in [-0.15, -0.1) is 0 Å². The highest BCUT2D eigenvalue weighted by Gasteiger charge is 2.10. The molecule has 0 aliphatic carbocycles. The lowest BCUT2D eigenvalue weighted by Crippen LogP contribution is -2.36. The molecule has 0 radical (unpaired) electrons. The summed E-state index contributed by atoms with van der Waals surface area (Å²) in [6, 6.07) is 4.92. The van der Waals surface area contributed by atoms with Crippen molar-refractivity contribution in [1.29, 1.82) is 0 Å². The third kappa shape index (κ3) is 4.84. The highest BCUT2D eigenvalue weighted by atomic mass is 14.9. The summed E-state index contributed by atoms with van der Waals surface area (Å²) in [6.07, 6.45) is 10.2. The van der Waals surface area contributed by atoms with Crippen molar-refractivity contribution in [2.75, 3.05) is 19.6 Å². The fourth-order valence-electron chi connectivity index (χ4n) is 2.35. The predicted octanol–water partition coefficient (Wildman–Crippen LogP) is 1.75. The second-order valence-corrected chi connectivity index (χ2v) is 4.79. The molecule has 0 aromatic carbocycles. The zero-order valence-corrected chi connectivity index (χ0v) is 10.5. The lowest BCUT2D eigenvalue weighted by atomic mass is 10.0. The summed E-state index contributed by atoms with van der Waals surface area (Å²) in [5.41, 5.74) is 1.36. The van der Waals surface area contributed by atoms with Gasteiger partial charge in [0, 0.05) is 18.4 Å². The number of nitrogens with zero attached hydrogens (tertiary/aromatic N) is 1. The summed E-state index contributed by atoms with van der Waals surface area (Å²) in [6.45, 7) is 3.40. The molecule has 1 aliphatic heterocycles. The first-order chi connectivity index (χ1) is 8.45. The van der Waals surface area contributed by atoms with Crippen LogP contribution >= 0.6 is 0 Å². The van der Waals surface area contributed by atoms with E-state index in [1.807, 2.05) is 12.4 Å². The fourth-order valence-corrected chi connectivity index (χ4v) is 2.35. The Kier molecular flexibility index (Phi) is 5.46. The highest BCUT2D eigenvalue weighted by molar-refractivity contribution is 5.09. The Morgan fingerprint density at radius 1 is 1.24 bits per heavy atom. The van der Waals surface area contributed by atoms with Gasteiger partial charge in [-0.25, -0.2) is 0 Å². The molecule has 1 unspecified atom stereocenters. The van der Waals surface area contributed by atoms with Crippen LogP contribution in [-0.4, -0.2) is 30.7 Å². The second-order valence-electron chi connectivity index (χ2n) is 4.79. The van der Waals surface area contributed by atoms with Crippen LogP contribution in [0.15, 0.2) is 24.5 Å². The van der Waals surface area contributed by atoms with Crippen LogP contribution in [0, 0.1) is 0 Å². The number of nitrogens with one attached hydrogen (secondary N) is 2. The molecule has 0 amide bonds. The van der Waals surface area contributed by atoms with Gasteiger partial charge >= 0.3 is 0 Å². The normalized spacial score (nSPS) is 20.4. The van der Waals surface area contributed by atoms with Crippen molar-refractivity contribution >= 4 is 0 Å². The van der Waals surface area contributed by atoms with Gasteiger partial charge < -0.3 is 10.6 Å². The summed E-state index contributed by atoms with van der Waals surface area (Å²) in [7, 11) is 0. The summed E-state index contributed by atoms with van der Waals surface area (Å²) in [5, 5.41) is 7.10. The first-order valence-electron chi connectivity index (χ1n) is 6.78. The highest BCUT2D eigenvalue weighted by Crippen LogP contribution is 2.09. The molecular weight excluding hydrogens is 210 g/mol. The third-order valence-electron chi connectivity index (χ3n) is 3.42. The molecular formula is C14H23N3. The summed E-state index contributed by atoms with van der Waals surface area (Å²) >= 11 is 0. The quantitative estimate of drug-likeness (QED) is 0.735. The van der Waals surface area contributed by atoms with Gasteiger partial charge in [-0.2, -0.15) is 0 Å². The molecule has 1 aromatic heterocycles. The Hall–Kier alpha value is -0.930. The third-order valence-corrected chi connectivity index (χ3v) is 3.42. The maximum absolute atomic E-state index is 4.02. The first kappa shape index (κ1) is 12.5. The van der Waals surface area contributed by atoms with Gasteiger partial charge in [-0.3, -0.25) is 4.98 Å². The number of aromatic nitrogens is 1. The molecule has 17 heavy (non-hydrogen) atoms. The Morgan fingerprint density at radius 2 is 2.12 bits per heavy atom. The molecule has 0 spiro atoms. The van der Waals surface area contributed by atoms with Crippen LogP contribution in [0.5, 0.6) is 0 Å². The Bertz CT molecular complexity index is 294. The molecule has 3 nitrogen and oxygen atoms in total. The van der Waals surface area contributed by atoms with Crippen molar-refractivity contribution in [3.8, 4) is 0 Å². The van der Waals surface area contributed by atoms with E-state index < -0.39 is 0 Å². The van der Waals surface area contributed by atoms with E-state index in [2.05, 4.69) is 27.8 Å². The van der Waals surface area contributed by atoms with E-state index in [0.717, 1.165) is 25.6 Å². The zero-order valence-electron chi connectivity index (χ0n) is 10.5. The largest absolute Gasteiger partial charge is 0.316 e. The van der Waals surface area contributed by atoms with E-state index in [1.54, 1.807) is 0 Å². The first-order valence-corrected chi connectivity index (χ1v) is 6.78. The second kappa shape index (κ2) is 7.41. The summed E-state index contributed by atoms with van der Waals surface area (Å²) in [5.74, 6) is 0. The van der Waals surface area contributed by atoms with Crippen molar-refractivity contribution < 1.29 is 0 Å². The maximum atomic E-state index is 4.02. The number of pyridine rings is 1. The molecule has 0 saturated carbocycles. The van der Waals surface area contributed by atoms with Crippen LogP contribution < -0.4 is 10.6 Å². The van der Waals surface area contributed by atoms with E-state index in [0.29, 0.717) is 0 Å². The lowest BCUT2D eigenvalue weighted by Gasteiger charge is -2.23. The Balaban J connectivity index is 1.51. The van der Waals surface area contributed by atoms with E-state index in [1.165, 1.54) is 37.8 Å². The number of hydrogen-bond acceptors (Lipinski definition) is 3. The number of hydrogen-bond donors (Lipinski definition) is 2. The molecule has 1 atom stereocenters. The van der Waals surface area contributed by atoms with Crippen molar-refractivity contribution in [2.24, 2.45) is 0 Å². The van der Waals surface area contributed by atoms with E-state index in [-0.39, 0.29) is 0 Å². The minimum absolute atomic E-state index is 0.747. The van der Waals surface area contributed by atoms with E-state index in [9.17, 15) is 0 Å². The fraction of sp³-hybridized carbons (Fsp3) is 0.643. The van der Waals surface area contributed by atoms with Crippen molar-refractivity contribution in [3.63, 3.8) is 0 Å². The SMILES string of the molecule is c1cc(CCNCCC2CCCCN2)ccn1. The van der Waals surface area contributed by atoms with Gasteiger partial charge in [0.15, 0.2) is 0 Å². The van der Waals surface area contributed by atoms with E-state index in [4.69, 9.17) is 0 Å². The van der Waals surface area contributed by atoms with Crippen LogP contribution in [0.2, 0.25) is 0 Å². The van der Waals surface area contributed by atoms with Crippen molar-refractivity contribution in [3.05, 3.63) is 30.1 Å². The predicted molar refractivity (Wildman–Crippen MR) is 71.1 cm³/mol. The van der Waals surface area contributed by atoms with Gasteiger partial charge in [-0.1, -0.05) is 6.42 Å². The Labute approximate surface area is 104 Å². The zero-order chi connectivity index (χ0) is 11.8. The molecule has 0 bridgehead atoms. The monoisotopic (exact) mass is 233 g/mol. The molecule has 1 aromatic rings. The number of piperidine rings is 1. The molecule has 1 saturated heterocycles. The maximum Gasteiger partial charge on any atom is 0.0270 e. The van der Waals surface area contributed by atoms with Crippen LogP contribution in [0.1, 0.15) is 31.2 Å². The minimum Gasteiger partial charge on any atom is -0.316 e. The van der Waals surface area contributed by atoms with Gasteiger partial charge in [0.1, 0.15) is 0 Å². The smallest absolute Gasteiger partial charge is 0.0270 e. The van der Waals surface area contributed by atoms with Crippen LogP contribution in [0.4, 0.5) is 0 Å². The lowest BCUT2D eigenvalue weighted by molar-refractivity contribution is 0.377. The van der Waals surface area contributed by atoms with Gasteiger partial charge in [0.25, 0.3) is 0 Å². The minimum atomic E-state index is 0.747. The Morgan fingerprint density at radius 3 is 2.88 bits per heavy atom. The van der Waals surface area contributed by atoms with Gasteiger partial charge in [0.2, 0.25) is 0 Å². The van der Waals surface area contributed by atoms with Crippen molar-refractivity contribution in [1.82, 2.24) is 15.6 Å². The van der Waals surface area contributed by atoms with Crippen LogP contribution in [-0.2, 0) is 6.42 Å². The topological polar surface area (TPSA) is 37.0 Å².